The number of aliphatic imine (C=N–C) groups is 1. The molecule has 0 saturated carbocycles. The SMILES string of the molecule is CCOc1cc(Cl)c(S(=O)(=O)NC(C)(C)C)cc1C(=NC(C)(C)C1C=CC(Cl)=CC1)N(Cc1ccc(Cl)cc1)C(=O)N1CCN(CC(=O)N2CCCC2)CC1. The number of nitrogens with one attached hydrogen (secondary N) is 1. The molecule has 0 aromatic heterocycles. The summed E-state index contributed by atoms with van der Waals surface area (Å²) in [7, 11) is -4.15. The van der Waals surface area contributed by atoms with Crippen molar-refractivity contribution in [1.82, 2.24) is 24.3 Å². The maximum Gasteiger partial charge on any atom is 0.326 e. The van der Waals surface area contributed by atoms with Gasteiger partial charge in [-0.05, 0) is 90.6 Å². The molecule has 0 bridgehead atoms. The molecule has 0 spiro atoms. The van der Waals surface area contributed by atoms with E-state index in [1.807, 2.05) is 56.0 Å². The number of amides is 3. The number of rotatable bonds is 11. The van der Waals surface area contributed by atoms with Crippen LogP contribution in [0.4, 0.5) is 4.79 Å². The number of amidine groups is 1. The van der Waals surface area contributed by atoms with Crippen LogP contribution in [0.15, 0.2) is 69.5 Å². The second kappa shape index (κ2) is 18.0. The number of hydrogen-bond donors (Lipinski definition) is 1. The number of benzene rings is 2. The minimum absolute atomic E-state index is 0.0345. The number of ether oxygens (including phenoxy) is 1. The molecule has 3 aliphatic rings. The molecule has 11 nitrogen and oxygen atoms in total. The van der Waals surface area contributed by atoms with Gasteiger partial charge in [0, 0.05) is 66.8 Å². The number of nitrogens with zero attached hydrogens (tertiary/aromatic N) is 5. The Morgan fingerprint density at radius 3 is 2.18 bits per heavy atom. The molecule has 15 heteroatoms. The Bertz CT molecular complexity index is 1910. The van der Waals surface area contributed by atoms with Crippen molar-refractivity contribution in [2.45, 2.75) is 83.3 Å². The Morgan fingerprint density at radius 2 is 1.60 bits per heavy atom. The summed E-state index contributed by atoms with van der Waals surface area (Å²) >= 11 is 19.3. The highest BCUT2D eigenvalue weighted by Gasteiger charge is 2.36. The van der Waals surface area contributed by atoms with E-state index in [-0.39, 0.29) is 52.5 Å². The van der Waals surface area contributed by atoms with Gasteiger partial charge in [0.2, 0.25) is 15.9 Å². The number of hydrogen-bond acceptors (Lipinski definition) is 7. The van der Waals surface area contributed by atoms with Gasteiger partial charge >= 0.3 is 6.03 Å². The zero-order chi connectivity index (χ0) is 40.1. The average Bonchev–Trinajstić information content (AvgIpc) is 3.66. The average molecular weight is 836 g/mol. The van der Waals surface area contributed by atoms with E-state index in [0.717, 1.165) is 31.5 Å². The summed E-state index contributed by atoms with van der Waals surface area (Å²) in [4.78, 5) is 40.6. The molecule has 2 aliphatic heterocycles. The highest BCUT2D eigenvalue weighted by Crippen LogP contribution is 2.36. The molecule has 2 fully saturated rings. The fourth-order valence-electron chi connectivity index (χ4n) is 6.92. The molecule has 0 radical (unpaired) electrons. The molecule has 2 saturated heterocycles. The molecule has 1 N–H and O–H groups in total. The van der Waals surface area contributed by atoms with Crippen LogP contribution < -0.4 is 9.46 Å². The van der Waals surface area contributed by atoms with Gasteiger partial charge in [0.25, 0.3) is 0 Å². The van der Waals surface area contributed by atoms with Crippen molar-refractivity contribution in [3.63, 3.8) is 0 Å². The van der Waals surface area contributed by atoms with E-state index >= 15 is 4.79 Å². The molecular weight excluding hydrogens is 783 g/mol. The smallest absolute Gasteiger partial charge is 0.326 e. The lowest BCUT2D eigenvalue weighted by Crippen LogP contribution is -2.55. The van der Waals surface area contributed by atoms with Gasteiger partial charge in [-0.25, -0.2) is 17.9 Å². The molecular formula is C40H53Cl3N6O5S. The molecule has 5 rings (SSSR count). The van der Waals surface area contributed by atoms with Gasteiger partial charge in [-0.15, -0.1) is 0 Å². The second-order valence-electron chi connectivity index (χ2n) is 15.8. The minimum Gasteiger partial charge on any atom is -0.493 e. The van der Waals surface area contributed by atoms with E-state index in [0.29, 0.717) is 54.8 Å². The lowest BCUT2D eigenvalue weighted by atomic mass is 9.83. The van der Waals surface area contributed by atoms with Crippen molar-refractivity contribution in [2.75, 3.05) is 52.4 Å². The van der Waals surface area contributed by atoms with Gasteiger partial charge in [0.1, 0.15) is 16.5 Å². The van der Waals surface area contributed by atoms with E-state index < -0.39 is 21.1 Å². The molecule has 2 aromatic rings. The summed E-state index contributed by atoms with van der Waals surface area (Å²) < 4.78 is 36.7. The number of allylic oxidation sites excluding steroid dienone is 3. The predicted octanol–water partition coefficient (Wildman–Crippen LogP) is 7.56. The van der Waals surface area contributed by atoms with Crippen molar-refractivity contribution in [1.29, 1.82) is 0 Å². The second-order valence-corrected chi connectivity index (χ2v) is 18.7. The third-order valence-corrected chi connectivity index (χ3v) is 12.6. The van der Waals surface area contributed by atoms with Gasteiger partial charge in [0.05, 0.1) is 35.8 Å². The van der Waals surface area contributed by atoms with Crippen molar-refractivity contribution in [2.24, 2.45) is 10.9 Å². The molecule has 1 atom stereocenters. The van der Waals surface area contributed by atoms with Gasteiger partial charge in [-0.3, -0.25) is 19.6 Å². The van der Waals surface area contributed by atoms with Crippen molar-refractivity contribution < 1.29 is 22.7 Å². The standard InChI is InChI=1S/C40H53Cl3N6O5S/c1-7-54-34-25-33(43)35(55(52,53)45-39(2,3)4)24-32(34)37(44-40(5,6)29-12-16-31(42)17-13-29)49(26-28-10-14-30(41)15-11-28)38(51)48-22-20-46(21-23-48)27-36(50)47-18-8-9-19-47/h10-12,14-17,24-25,29,45H,7-9,13,18-23,26-27H2,1-6H3. The molecule has 3 amide bonds. The summed E-state index contributed by atoms with van der Waals surface area (Å²) in [5.41, 5.74) is -0.558. The first-order chi connectivity index (χ1) is 25.9. The molecule has 1 aliphatic carbocycles. The summed E-state index contributed by atoms with van der Waals surface area (Å²) in [5.74, 6) is 0.503. The van der Waals surface area contributed by atoms with Crippen LogP contribution in [0, 0.1) is 5.92 Å². The van der Waals surface area contributed by atoms with Crippen molar-refractivity contribution in [3.05, 3.63) is 80.8 Å². The monoisotopic (exact) mass is 834 g/mol. The van der Waals surface area contributed by atoms with Crippen LogP contribution in [-0.2, 0) is 21.4 Å². The third kappa shape index (κ3) is 11.3. The number of carbonyl (C=O) groups is 2. The first-order valence-corrected chi connectivity index (χ1v) is 21.4. The maximum absolute atomic E-state index is 15.0. The number of likely N-dealkylation sites (tertiary alicyclic amines) is 1. The first-order valence-electron chi connectivity index (χ1n) is 18.8. The Balaban J connectivity index is 1.63. The Labute approximate surface area is 341 Å². The number of piperazine rings is 1. The quantitative estimate of drug-likeness (QED) is 0.185. The largest absolute Gasteiger partial charge is 0.493 e. The summed E-state index contributed by atoms with van der Waals surface area (Å²) in [6.07, 6.45) is 8.44. The molecule has 2 heterocycles. The maximum atomic E-state index is 15.0. The fourth-order valence-corrected chi connectivity index (χ4v) is 9.17. The summed E-state index contributed by atoms with van der Waals surface area (Å²) in [6, 6.07) is 9.81. The highest BCUT2D eigenvalue weighted by atomic mass is 35.5. The van der Waals surface area contributed by atoms with Gasteiger partial charge < -0.3 is 14.5 Å². The summed E-state index contributed by atoms with van der Waals surface area (Å²) in [6.45, 7) is 15.0. The molecule has 300 valence electrons. The van der Waals surface area contributed by atoms with Crippen LogP contribution in [0.1, 0.15) is 71.9 Å². The van der Waals surface area contributed by atoms with Crippen LogP contribution >= 0.6 is 34.8 Å². The van der Waals surface area contributed by atoms with Crippen molar-refractivity contribution in [3.8, 4) is 5.75 Å². The highest BCUT2D eigenvalue weighted by molar-refractivity contribution is 7.89. The van der Waals surface area contributed by atoms with Crippen LogP contribution in [0.5, 0.6) is 5.75 Å². The topological polar surface area (TPSA) is 115 Å². The van der Waals surface area contributed by atoms with E-state index in [1.165, 1.54) is 12.1 Å². The van der Waals surface area contributed by atoms with Gasteiger partial charge in [0.15, 0.2) is 0 Å². The molecule has 2 aromatic carbocycles. The molecule has 55 heavy (non-hydrogen) atoms. The van der Waals surface area contributed by atoms with Gasteiger partial charge in [-0.1, -0.05) is 59.1 Å². The van der Waals surface area contributed by atoms with Crippen LogP contribution in [0.25, 0.3) is 0 Å². The number of halogens is 3. The summed E-state index contributed by atoms with van der Waals surface area (Å²) in [5, 5.41) is 1.15. The fraction of sp³-hybridized carbons (Fsp3) is 0.525. The zero-order valence-corrected chi connectivity index (χ0v) is 35.7. The van der Waals surface area contributed by atoms with Crippen molar-refractivity contribution >= 4 is 62.6 Å². The number of carbonyl (C=O) groups excluding carboxylic acids is 2. The van der Waals surface area contributed by atoms with E-state index in [4.69, 9.17) is 44.5 Å². The van der Waals surface area contributed by atoms with E-state index in [2.05, 4.69) is 9.62 Å². The Kier molecular flexibility index (Phi) is 14.1. The van der Waals surface area contributed by atoms with E-state index in [9.17, 15) is 13.2 Å². The first kappa shape index (κ1) is 43.0. The van der Waals surface area contributed by atoms with Gasteiger partial charge in [-0.2, -0.15) is 0 Å². The lowest BCUT2D eigenvalue weighted by Gasteiger charge is -2.39. The normalized spacial score (nSPS) is 18.7. The third-order valence-electron chi connectivity index (χ3n) is 9.86. The van der Waals surface area contributed by atoms with Crippen LogP contribution in [-0.4, -0.2) is 109 Å². The molecule has 1 unspecified atom stereocenters. The van der Waals surface area contributed by atoms with E-state index in [1.54, 1.807) is 42.7 Å². The predicted molar refractivity (Wildman–Crippen MR) is 221 cm³/mol. The lowest BCUT2D eigenvalue weighted by molar-refractivity contribution is -0.131. The number of sulfonamides is 1. The number of urea groups is 1. The van der Waals surface area contributed by atoms with Crippen LogP contribution in [0.2, 0.25) is 10.0 Å². The Hall–Kier alpha value is -3.13. The zero-order valence-electron chi connectivity index (χ0n) is 32.6. The minimum atomic E-state index is -4.15. The Morgan fingerprint density at radius 1 is 0.945 bits per heavy atom. The van der Waals surface area contributed by atoms with Crippen LogP contribution in [0.3, 0.4) is 0 Å².